The van der Waals surface area contributed by atoms with Crippen LogP contribution in [0.3, 0.4) is 0 Å². The van der Waals surface area contributed by atoms with E-state index in [9.17, 15) is 22.8 Å². The number of hydrogen-bond acceptors (Lipinski definition) is 4. The van der Waals surface area contributed by atoms with E-state index in [1.165, 1.54) is 12.1 Å². The lowest BCUT2D eigenvalue weighted by atomic mass is 10.0. The van der Waals surface area contributed by atoms with Gasteiger partial charge >= 0.3 is 12.1 Å². The summed E-state index contributed by atoms with van der Waals surface area (Å²) in [7, 11) is 0. The first-order valence-electron chi connectivity index (χ1n) is 6.82. The Morgan fingerprint density at radius 3 is 2.46 bits per heavy atom. The number of aliphatic carboxylic acids is 1. The van der Waals surface area contributed by atoms with Crippen LogP contribution in [0.15, 0.2) is 29.8 Å². The van der Waals surface area contributed by atoms with Gasteiger partial charge in [0, 0.05) is 5.69 Å². The second-order valence-corrected chi connectivity index (χ2v) is 5.98. The van der Waals surface area contributed by atoms with Crippen molar-refractivity contribution in [3.8, 4) is 0 Å². The third-order valence-corrected chi connectivity index (χ3v) is 4.09. The normalized spacial score (nSPS) is 12.7. The summed E-state index contributed by atoms with van der Waals surface area (Å²) in [5.41, 5.74) is 1.34. The van der Waals surface area contributed by atoms with E-state index in [4.69, 9.17) is 5.11 Å². The maximum Gasteiger partial charge on any atom is 0.427 e. The fourth-order valence-corrected chi connectivity index (χ4v) is 2.62. The summed E-state index contributed by atoms with van der Waals surface area (Å²) < 4.78 is 38.3. The van der Waals surface area contributed by atoms with Crippen molar-refractivity contribution in [1.82, 2.24) is 4.98 Å². The molecule has 1 heterocycles. The summed E-state index contributed by atoms with van der Waals surface area (Å²) in [5.74, 6) is -2.43. The smallest absolute Gasteiger partial charge is 0.427 e. The minimum Gasteiger partial charge on any atom is -0.481 e. The fourth-order valence-electron chi connectivity index (χ4n) is 1.96. The third kappa shape index (κ3) is 4.31. The molecule has 5 nitrogen and oxygen atoms in total. The van der Waals surface area contributed by atoms with E-state index in [0.29, 0.717) is 23.4 Å². The Morgan fingerprint density at radius 1 is 1.29 bits per heavy atom. The van der Waals surface area contributed by atoms with Crippen molar-refractivity contribution in [2.45, 2.75) is 19.5 Å². The zero-order chi connectivity index (χ0) is 17.9. The van der Waals surface area contributed by atoms with Crippen molar-refractivity contribution in [3.63, 3.8) is 0 Å². The van der Waals surface area contributed by atoms with Gasteiger partial charge in [-0.05, 0) is 24.1 Å². The van der Waals surface area contributed by atoms with Crippen molar-refractivity contribution in [1.29, 1.82) is 0 Å². The number of amides is 1. The fraction of sp³-hybridized carbons (Fsp3) is 0.267. The number of thiazole rings is 1. The van der Waals surface area contributed by atoms with Crippen LogP contribution in [-0.2, 0) is 17.4 Å². The molecule has 2 aromatic rings. The monoisotopic (exact) mass is 358 g/mol. The quantitative estimate of drug-likeness (QED) is 0.855. The highest BCUT2D eigenvalue weighted by Crippen LogP contribution is 2.34. The summed E-state index contributed by atoms with van der Waals surface area (Å²) in [6.07, 6.45) is -4.32. The molecule has 0 bridgehead atoms. The van der Waals surface area contributed by atoms with Gasteiger partial charge in [-0.1, -0.05) is 19.1 Å². The highest BCUT2D eigenvalue weighted by Gasteiger charge is 2.38. The molecule has 0 radical (unpaired) electrons. The number of hydrogen-bond donors (Lipinski definition) is 2. The molecule has 0 aliphatic rings. The third-order valence-electron chi connectivity index (χ3n) is 3.22. The first-order valence-corrected chi connectivity index (χ1v) is 7.70. The molecule has 1 aromatic heterocycles. The molecule has 2 rings (SSSR count). The van der Waals surface area contributed by atoms with Crippen molar-refractivity contribution >= 4 is 28.9 Å². The van der Waals surface area contributed by atoms with Crippen molar-refractivity contribution in [2.75, 3.05) is 5.32 Å². The Balaban J connectivity index is 2.08. The zero-order valence-electron chi connectivity index (χ0n) is 12.4. The molecule has 0 fully saturated rings. The predicted molar refractivity (Wildman–Crippen MR) is 82.0 cm³/mol. The number of alkyl halides is 3. The van der Waals surface area contributed by atoms with Crippen LogP contribution in [0.4, 0.5) is 18.9 Å². The van der Waals surface area contributed by atoms with Crippen LogP contribution < -0.4 is 5.32 Å². The van der Waals surface area contributed by atoms with Gasteiger partial charge in [0.2, 0.25) is 0 Å². The maximum absolute atomic E-state index is 12.8. The number of carboxylic acid groups (broad SMARTS) is 1. The summed E-state index contributed by atoms with van der Waals surface area (Å²) in [6, 6.07) is 6.23. The van der Waals surface area contributed by atoms with E-state index in [2.05, 4.69) is 10.3 Å². The van der Waals surface area contributed by atoms with E-state index < -0.39 is 34.5 Å². The van der Waals surface area contributed by atoms with Crippen LogP contribution in [-0.4, -0.2) is 22.0 Å². The topological polar surface area (TPSA) is 79.3 Å². The molecule has 0 aliphatic carbocycles. The van der Waals surface area contributed by atoms with Gasteiger partial charge in [0.1, 0.15) is 4.88 Å². The lowest BCUT2D eigenvalue weighted by Gasteiger charge is -2.09. The SMILES string of the molecule is CC(Cc1ccc(NC(=O)c2ncsc2C(F)(F)F)cc1)C(=O)O. The number of carbonyl (C=O) groups is 2. The van der Waals surface area contributed by atoms with E-state index in [1.807, 2.05) is 0 Å². The predicted octanol–water partition coefficient (Wildman–Crippen LogP) is 3.68. The molecule has 1 aromatic carbocycles. The lowest BCUT2D eigenvalue weighted by molar-refractivity contribution is -0.141. The molecule has 0 saturated carbocycles. The van der Waals surface area contributed by atoms with Gasteiger partial charge in [-0.15, -0.1) is 11.3 Å². The number of nitrogens with one attached hydrogen (secondary N) is 1. The van der Waals surface area contributed by atoms with E-state index >= 15 is 0 Å². The Bertz CT molecular complexity index is 741. The average Bonchev–Trinajstić information content (AvgIpc) is 2.99. The Kier molecular flexibility index (Phi) is 5.23. The van der Waals surface area contributed by atoms with Crippen LogP contribution in [0, 0.1) is 5.92 Å². The summed E-state index contributed by atoms with van der Waals surface area (Å²) in [4.78, 5) is 25.2. The first-order chi connectivity index (χ1) is 11.2. The molecule has 1 unspecified atom stereocenters. The van der Waals surface area contributed by atoms with Crippen LogP contribution in [0.5, 0.6) is 0 Å². The van der Waals surface area contributed by atoms with E-state index in [0.717, 1.165) is 11.1 Å². The van der Waals surface area contributed by atoms with Gasteiger partial charge in [-0.2, -0.15) is 13.2 Å². The first kappa shape index (κ1) is 17.9. The number of carboxylic acids is 1. The van der Waals surface area contributed by atoms with Gasteiger partial charge in [0.25, 0.3) is 5.91 Å². The molecular formula is C15H13F3N2O3S. The minimum atomic E-state index is -4.63. The lowest BCUT2D eigenvalue weighted by Crippen LogP contribution is -2.17. The van der Waals surface area contributed by atoms with Gasteiger partial charge in [-0.3, -0.25) is 9.59 Å². The molecule has 128 valence electrons. The standard InChI is InChI=1S/C15H13F3N2O3S/c1-8(14(22)23)6-9-2-4-10(5-3-9)20-13(21)11-12(15(16,17)18)24-7-19-11/h2-5,7-8H,6H2,1H3,(H,20,21)(H,22,23). The number of halogens is 3. The highest BCUT2D eigenvalue weighted by molar-refractivity contribution is 7.10. The number of carbonyl (C=O) groups excluding carboxylic acids is 1. The maximum atomic E-state index is 12.8. The molecule has 0 spiro atoms. The molecule has 1 atom stereocenters. The molecular weight excluding hydrogens is 345 g/mol. The second kappa shape index (κ2) is 7.00. The average molecular weight is 358 g/mol. The van der Waals surface area contributed by atoms with Crippen molar-refractivity contribution < 1.29 is 27.9 Å². The molecule has 2 N–H and O–H groups in total. The van der Waals surface area contributed by atoms with Gasteiger partial charge in [0.05, 0.1) is 11.4 Å². The number of rotatable bonds is 5. The zero-order valence-corrected chi connectivity index (χ0v) is 13.2. The Labute approximate surface area is 139 Å². The largest absolute Gasteiger partial charge is 0.481 e. The van der Waals surface area contributed by atoms with E-state index in [-0.39, 0.29) is 0 Å². The van der Waals surface area contributed by atoms with Crippen LogP contribution in [0.25, 0.3) is 0 Å². The van der Waals surface area contributed by atoms with Crippen molar-refractivity contribution in [3.05, 3.63) is 45.9 Å². The second-order valence-electron chi connectivity index (χ2n) is 5.12. The Hall–Kier alpha value is -2.42. The summed E-state index contributed by atoms with van der Waals surface area (Å²) >= 11 is 0.355. The van der Waals surface area contributed by atoms with Gasteiger partial charge < -0.3 is 10.4 Å². The van der Waals surface area contributed by atoms with Crippen LogP contribution in [0.2, 0.25) is 0 Å². The van der Waals surface area contributed by atoms with Crippen LogP contribution in [0.1, 0.15) is 27.9 Å². The van der Waals surface area contributed by atoms with E-state index in [1.54, 1.807) is 19.1 Å². The van der Waals surface area contributed by atoms with Crippen molar-refractivity contribution in [2.24, 2.45) is 5.92 Å². The summed E-state index contributed by atoms with van der Waals surface area (Å²) in [5, 5.41) is 11.2. The minimum absolute atomic E-state index is 0.299. The number of anilines is 1. The molecule has 1 amide bonds. The number of nitrogens with zero attached hydrogens (tertiary/aromatic N) is 1. The van der Waals surface area contributed by atoms with Crippen LogP contribution >= 0.6 is 11.3 Å². The van der Waals surface area contributed by atoms with Gasteiger partial charge in [0.15, 0.2) is 5.69 Å². The highest BCUT2D eigenvalue weighted by atomic mass is 32.1. The van der Waals surface area contributed by atoms with Gasteiger partial charge in [-0.25, -0.2) is 4.98 Å². The molecule has 9 heteroatoms. The Morgan fingerprint density at radius 2 is 1.92 bits per heavy atom. The summed E-state index contributed by atoms with van der Waals surface area (Å²) in [6.45, 7) is 1.57. The number of benzene rings is 1. The molecule has 0 aliphatic heterocycles. The molecule has 0 saturated heterocycles. The molecule has 24 heavy (non-hydrogen) atoms. The number of aromatic nitrogens is 1.